The van der Waals surface area contributed by atoms with Crippen molar-refractivity contribution in [1.29, 1.82) is 0 Å². The highest BCUT2D eigenvalue weighted by Gasteiger charge is 2.54. The quantitative estimate of drug-likeness (QED) is 0.0983. The largest absolute Gasteiger partial charge is 0.477 e. The molecular weight excluding hydrogens is 564 g/mol. The van der Waals surface area contributed by atoms with Gasteiger partial charge >= 0.3 is 11.9 Å². The standard InChI is InChI=1S/C24H22N6O8S2/c1-2-36-16(31)10-38-28-17(14-9-37-24(25)26-14)20(32)27-18-21(33)30-19(23(34)35)13(11-40-22(18)30)7-29-5-3-12-4-6-39-15(12)8-29/h3-6,8-9,18,22H,2,7,10-11H2,1H3,(H3-,25,26,27,32,34,35)/p+1/t18?,22-/m0/s1. The lowest BCUT2D eigenvalue weighted by Crippen LogP contribution is -2.71. The minimum absolute atomic E-state index is 0.0908. The van der Waals surface area contributed by atoms with Crippen LogP contribution in [-0.2, 0) is 35.3 Å². The number of carbonyl (C=O) groups is 4. The average molecular weight is 588 g/mol. The molecule has 0 radical (unpaired) electrons. The number of rotatable bonds is 10. The molecule has 0 bridgehead atoms. The summed E-state index contributed by atoms with van der Waals surface area (Å²) in [7, 11) is 0. The predicted octanol–water partition coefficient (Wildman–Crippen LogP) is 0.482. The molecule has 2 aliphatic heterocycles. The molecule has 208 valence electrons. The van der Waals surface area contributed by atoms with Crippen LogP contribution in [-0.4, -0.2) is 74.8 Å². The van der Waals surface area contributed by atoms with Crippen LogP contribution in [0, 0.1) is 0 Å². The summed E-state index contributed by atoms with van der Waals surface area (Å²) in [5.74, 6) is -3.05. The molecule has 0 spiro atoms. The SMILES string of the molecule is CCOC(=O)CON=C(C(=O)NC1C(=O)N2C(C(=O)O)=C(C[n+]3ccc4ccsc4c3)CS[C@@H]12)c1coc(N)n1. The summed E-state index contributed by atoms with van der Waals surface area (Å²) in [5.41, 5.74) is 5.49. The third-order valence-corrected chi connectivity index (χ3v) is 8.20. The highest BCUT2D eigenvalue weighted by molar-refractivity contribution is 8.00. The Morgan fingerprint density at radius 3 is 2.92 bits per heavy atom. The average Bonchev–Trinajstić information content (AvgIpc) is 3.57. The Morgan fingerprint density at radius 2 is 2.20 bits per heavy atom. The summed E-state index contributed by atoms with van der Waals surface area (Å²) in [6.07, 6.45) is 4.86. The fourth-order valence-electron chi connectivity index (χ4n) is 4.23. The molecule has 16 heteroatoms. The monoisotopic (exact) mass is 587 g/mol. The highest BCUT2D eigenvalue weighted by Crippen LogP contribution is 2.40. The number of oxime groups is 1. The van der Waals surface area contributed by atoms with Gasteiger partial charge < -0.3 is 30.1 Å². The van der Waals surface area contributed by atoms with Crippen molar-refractivity contribution in [2.45, 2.75) is 24.9 Å². The van der Waals surface area contributed by atoms with Crippen molar-refractivity contribution in [3.8, 4) is 0 Å². The van der Waals surface area contributed by atoms with Crippen LogP contribution in [0.25, 0.3) is 10.1 Å². The van der Waals surface area contributed by atoms with E-state index in [9.17, 15) is 24.3 Å². The molecular formula is C24H23N6O8S2+. The predicted molar refractivity (Wildman–Crippen MR) is 142 cm³/mol. The van der Waals surface area contributed by atoms with Gasteiger partial charge in [0, 0.05) is 22.8 Å². The molecule has 2 atom stereocenters. The fourth-order valence-corrected chi connectivity index (χ4v) is 6.39. The first kappa shape index (κ1) is 27.1. The maximum atomic E-state index is 13.1. The Hall–Kier alpha value is -4.44. The molecule has 1 saturated heterocycles. The number of nitrogen functional groups attached to an aromatic ring is 1. The van der Waals surface area contributed by atoms with Crippen molar-refractivity contribution >= 4 is 68.7 Å². The van der Waals surface area contributed by atoms with Gasteiger partial charge in [0.2, 0.25) is 6.61 Å². The zero-order valence-corrected chi connectivity index (χ0v) is 22.6. The molecule has 0 aliphatic carbocycles. The molecule has 14 nitrogen and oxygen atoms in total. The number of carboxylic acids is 1. The Kier molecular flexibility index (Phi) is 7.70. The van der Waals surface area contributed by atoms with Crippen molar-refractivity contribution < 1.29 is 42.8 Å². The van der Waals surface area contributed by atoms with Gasteiger partial charge in [-0.25, -0.2) is 9.59 Å². The van der Waals surface area contributed by atoms with E-state index < -0.39 is 47.5 Å². The van der Waals surface area contributed by atoms with Gasteiger partial charge in [0.25, 0.3) is 17.8 Å². The number of amides is 2. The minimum atomic E-state index is -1.23. The third kappa shape index (κ3) is 5.35. The number of fused-ring (bicyclic) bond motifs is 2. The van der Waals surface area contributed by atoms with E-state index in [1.165, 1.54) is 16.7 Å². The second kappa shape index (κ2) is 11.4. The van der Waals surface area contributed by atoms with Crippen LogP contribution in [0.5, 0.6) is 0 Å². The number of anilines is 1. The number of carboxylic acid groups (broad SMARTS) is 1. The zero-order valence-electron chi connectivity index (χ0n) is 20.9. The number of hydrogen-bond donors (Lipinski definition) is 3. The fraction of sp³-hybridized carbons (Fsp3) is 0.292. The number of aliphatic carboxylic acids is 1. The number of nitrogens with zero attached hydrogens (tertiary/aromatic N) is 4. The van der Waals surface area contributed by atoms with Crippen molar-refractivity contribution in [3.05, 3.63) is 53.1 Å². The lowest BCUT2D eigenvalue weighted by molar-refractivity contribution is -0.687. The molecule has 4 N–H and O–H groups in total. The number of carbonyl (C=O) groups excluding carboxylic acids is 3. The smallest absolute Gasteiger partial charge is 0.352 e. The highest BCUT2D eigenvalue weighted by atomic mass is 32.2. The molecule has 5 rings (SSSR count). The topological polar surface area (TPSA) is 191 Å². The second-order valence-electron chi connectivity index (χ2n) is 8.56. The molecule has 3 aromatic heterocycles. The zero-order chi connectivity index (χ0) is 28.4. The molecule has 40 heavy (non-hydrogen) atoms. The van der Waals surface area contributed by atoms with Gasteiger partial charge in [0.05, 0.1) is 11.3 Å². The number of thiophene rings is 1. The maximum Gasteiger partial charge on any atom is 0.352 e. The van der Waals surface area contributed by atoms with Crippen LogP contribution in [0.3, 0.4) is 0 Å². The maximum absolute atomic E-state index is 13.1. The van der Waals surface area contributed by atoms with E-state index in [-0.39, 0.29) is 30.6 Å². The number of nitrogens with one attached hydrogen (secondary N) is 1. The van der Waals surface area contributed by atoms with E-state index in [1.807, 2.05) is 34.5 Å². The Bertz CT molecular complexity index is 1560. The van der Waals surface area contributed by atoms with Crippen LogP contribution in [0.4, 0.5) is 6.01 Å². The van der Waals surface area contributed by atoms with E-state index in [1.54, 1.807) is 18.3 Å². The Morgan fingerprint density at radius 1 is 1.38 bits per heavy atom. The molecule has 1 unspecified atom stereocenters. The molecule has 0 saturated carbocycles. The summed E-state index contributed by atoms with van der Waals surface area (Å²) >= 11 is 2.91. The summed E-state index contributed by atoms with van der Waals surface area (Å²) < 4.78 is 12.6. The normalized spacial score (nSPS) is 18.8. The van der Waals surface area contributed by atoms with Gasteiger partial charge in [-0.2, -0.15) is 9.55 Å². The van der Waals surface area contributed by atoms with E-state index >= 15 is 0 Å². The van der Waals surface area contributed by atoms with Crippen molar-refractivity contribution in [2.75, 3.05) is 24.7 Å². The molecule has 0 aromatic carbocycles. The lowest BCUT2D eigenvalue weighted by atomic mass is 10.0. The van der Waals surface area contributed by atoms with Gasteiger partial charge in [-0.15, -0.1) is 23.1 Å². The van der Waals surface area contributed by atoms with E-state index in [0.29, 0.717) is 11.3 Å². The molecule has 1 fully saturated rings. The summed E-state index contributed by atoms with van der Waals surface area (Å²) in [6.45, 7) is 1.48. The number of oxazole rings is 1. The number of thioether (sulfide) groups is 1. The van der Waals surface area contributed by atoms with Crippen LogP contribution in [0.2, 0.25) is 0 Å². The number of β-lactam (4-membered cyclic amide) rings is 1. The van der Waals surface area contributed by atoms with Gasteiger partial charge in [0.15, 0.2) is 24.7 Å². The molecule has 5 heterocycles. The molecule has 2 aliphatic rings. The lowest BCUT2D eigenvalue weighted by Gasteiger charge is -2.49. The number of hydrogen-bond acceptors (Lipinski definition) is 12. The first-order valence-corrected chi connectivity index (χ1v) is 13.8. The van der Waals surface area contributed by atoms with Gasteiger partial charge in [-0.3, -0.25) is 14.5 Å². The molecule has 2 amide bonds. The Labute approximate surface area is 234 Å². The molecule has 3 aromatic rings. The van der Waals surface area contributed by atoms with Crippen LogP contribution in [0.1, 0.15) is 12.6 Å². The number of pyridine rings is 1. The number of nitrogens with two attached hydrogens (primary N) is 1. The van der Waals surface area contributed by atoms with Crippen molar-refractivity contribution in [3.63, 3.8) is 0 Å². The summed E-state index contributed by atoms with van der Waals surface area (Å²) in [5, 5.41) is 18.6. The summed E-state index contributed by atoms with van der Waals surface area (Å²) in [4.78, 5) is 60.0. The van der Waals surface area contributed by atoms with Crippen LogP contribution >= 0.6 is 23.1 Å². The second-order valence-corrected chi connectivity index (χ2v) is 10.6. The first-order valence-electron chi connectivity index (χ1n) is 11.9. The number of ether oxygens (including phenoxy) is 1. The first-order chi connectivity index (χ1) is 19.3. The van der Waals surface area contributed by atoms with Gasteiger partial charge in [-0.1, -0.05) is 5.16 Å². The van der Waals surface area contributed by atoms with E-state index in [0.717, 1.165) is 16.3 Å². The van der Waals surface area contributed by atoms with Gasteiger partial charge in [-0.05, 0) is 18.4 Å². The summed E-state index contributed by atoms with van der Waals surface area (Å²) in [6, 6.07) is 2.67. The van der Waals surface area contributed by atoms with E-state index in [4.69, 9.17) is 19.7 Å². The van der Waals surface area contributed by atoms with Crippen LogP contribution < -0.4 is 15.6 Å². The van der Waals surface area contributed by atoms with Crippen molar-refractivity contribution in [2.24, 2.45) is 5.16 Å². The third-order valence-electron chi connectivity index (χ3n) is 5.99. The van der Waals surface area contributed by atoms with Crippen LogP contribution in [0.15, 0.2) is 57.0 Å². The van der Waals surface area contributed by atoms with Gasteiger partial charge in [0.1, 0.15) is 29.1 Å². The van der Waals surface area contributed by atoms with E-state index in [2.05, 4.69) is 15.5 Å². The number of esters is 1. The minimum Gasteiger partial charge on any atom is -0.477 e. The van der Waals surface area contributed by atoms with Crippen molar-refractivity contribution in [1.82, 2.24) is 15.2 Å². The Balaban J connectivity index is 1.32. The number of aromatic nitrogens is 2.